The summed E-state index contributed by atoms with van der Waals surface area (Å²) in [5.41, 5.74) is 6.47. The Morgan fingerprint density at radius 3 is 2.54 bits per heavy atom. The Balaban J connectivity index is 1.58. The van der Waals surface area contributed by atoms with E-state index in [9.17, 15) is 9.18 Å². The third-order valence-electron chi connectivity index (χ3n) is 3.53. The van der Waals surface area contributed by atoms with Crippen LogP contribution in [0.25, 0.3) is 0 Å². The second kappa shape index (κ2) is 8.76. The highest BCUT2D eigenvalue weighted by molar-refractivity contribution is 5.74. The van der Waals surface area contributed by atoms with E-state index in [2.05, 4.69) is 20.3 Å². The highest BCUT2D eigenvalue weighted by Crippen LogP contribution is 2.15. The summed E-state index contributed by atoms with van der Waals surface area (Å²) in [6.45, 7) is 1.32. The molecule has 3 rings (SSSR count). The molecule has 9 heteroatoms. The largest absolute Gasteiger partial charge is 0.479 e. The molecule has 8 nitrogen and oxygen atoms in total. The van der Waals surface area contributed by atoms with Crippen LogP contribution in [0, 0.1) is 5.82 Å². The lowest BCUT2D eigenvalue weighted by Gasteiger charge is -2.14. The molecule has 0 saturated heterocycles. The van der Waals surface area contributed by atoms with Gasteiger partial charge in [0.15, 0.2) is 18.5 Å². The van der Waals surface area contributed by atoms with Crippen LogP contribution < -0.4 is 15.8 Å². The molecule has 0 unspecified atom stereocenters. The fourth-order valence-corrected chi connectivity index (χ4v) is 2.23. The van der Waals surface area contributed by atoms with Gasteiger partial charge in [0.2, 0.25) is 11.9 Å². The first-order valence-corrected chi connectivity index (χ1v) is 8.41. The van der Waals surface area contributed by atoms with Gasteiger partial charge in [-0.15, -0.1) is 0 Å². The monoisotopic (exact) mass is 383 g/mol. The van der Waals surface area contributed by atoms with E-state index < -0.39 is 17.9 Å². The first-order valence-electron chi connectivity index (χ1n) is 8.41. The molecule has 144 valence electrons. The number of para-hydroxylation sites is 1. The van der Waals surface area contributed by atoms with E-state index >= 15 is 0 Å². The lowest BCUT2D eigenvalue weighted by Crippen LogP contribution is -2.26. The Labute approximate surface area is 160 Å². The van der Waals surface area contributed by atoms with Crippen LogP contribution in [0.1, 0.15) is 12.7 Å². The standard InChI is InChI=1S/C19H18FN5O3/c1-12(28-15-9-7-13(20)8-10-15)17(26)27-11-16-23-18(21)25-19(24-16)22-14-5-3-2-4-6-14/h2-10,12H,11H2,1H3,(H3,21,22,23,24,25)/t12-/m0/s1. The fraction of sp³-hybridized carbons (Fsp3) is 0.158. The number of carbonyl (C=O) groups excluding carboxylic acids is 1. The topological polar surface area (TPSA) is 112 Å². The number of nitrogens with zero attached hydrogens (tertiary/aromatic N) is 3. The van der Waals surface area contributed by atoms with Gasteiger partial charge >= 0.3 is 5.97 Å². The van der Waals surface area contributed by atoms with Crippen LogP contribution in [0.4, 0.5) is 22.0 Å². The number of hydrogen-bond acceptors (Lipinski definition) is 8. The summed E-state index contributed by atoms with van der Waals surface area (Å²) in [7, 11) is 0. The fourth-order valence-electron chi connectivity index (χ4n) is 2.23. The number of nitrogens with one attached hydrogen (secondary N) is 1. The molecule has 0 saturated carbocycles. The average molecular weight is 383 g/mol. The molecule has 0 radical (unpaired) electrons. The van der Waals surface area contributed by atoms with E-state index in [-0.39, 0.29) is 24.3 Å². The molecule has 0 aliphatic rings. The molecule has 3 N–H and O–H groups in total. The lowest BCUT2D eigenvalue weighted by atomic mass is 10.3. The molecule has 0 bridgehead atoms. The van der Waals surface area contributed by atoms with Crippen molar-refractivity contribution in [3.05, 3.63) is 66.2 Å². The van der Waals surface area contributed by atoms with Gasteiger partial charge in [0.05, 0.1) is 0 Å². The molecule has 0 amide bonds. The number of hydrogen-bond donors (Lipinski definition) is 2. The van der Waals surface area contributed by atoms with E-state index in [1.54, 1.807) is 0 Å². The van der Waals surface area contributed by atoms with Crippen LogP contribution in [0.3, 0.4) is 0 Å². The number of rotatable bonds is 7. The van der Waals surface area contributed by atoms with Gasteiger partial charge in [-0.2, -0.15) is 15.0 Å². The molecule has 2 aromatic carbocycles. The van der Waals surface area contributed by atoms with Crippen LogP contribution in [-0.4, -0.2) is 27.0 Å². The van der Waals surface area contributed by atoms with E-state index in [1.807, 2.05) is 30.3 Å². The van der Waals surface area contributed by atoms with E-state index in [0.717, 1.165) is 5.69 Å². The summed E-state index contributed by atoms with van der Waals surface area (Å²) in [4.78, 5) is 24.2. The average Bonchev–Trinajstić information content (AvgIpc) is 2.68. The van der Waals surface area contributed by atoms with Gasteiger partial charge in [-0.3, -0.25) is 0 Å². The number of carbonyl (C=O) groups is 1. The van der Waals surface area contributed by atoms with Crippen molar-refractivity contribution in [3.63, 3.8) is 0 Å². The lowest BCUT2D eigenvalue weighted by molar-refractivity contribution is -0.152. The number of halogens is 1. The van der Waals surface area contributed by atoms with Gasteiger partial charge in [-0.25, -0.2) is 9.18 Å². The smallest absolute Gasteiger partial charge is 0.347 e. The predicted octanol–water partition coefficient (Wildman–Crippen LogP) is 2.85. The van der Waals surface area contributed by atoms with Crippen molar-refractivity contribution in [1.82, 2.24) is 15.0 Å². The quantitative estimate of drug-likeness (QED) is 0.599. The predicted molar refractivity (Wildman–Crippen MR) is 100 cm³/mol. The van der Waals surface area contributed by atoms with Crippen LogP contribution in [0.2, 0.25) is 0 Å². The molecule has 1 heterocycles. The summed E-state index contributed by atoms with van der Waals surface area (Å²) in [5.74, 6) is -0.246. The molecule has 1 aromatic heterocycles. The van der Waals surface area contributed by atoms with Gasteiger partial charge in [-0.1, -0.05) is 18.2 Å². The van der Waals surface area contributed by atoms with Crippen molar-refractivity contribution >= 4 is 23.6 Å². The van der Waals surface area contributed by atoms with E-state index in [0.29, 0.717) is 5.75 Å². The van der Waals surface area contributed by atoms with Crippen molar-refractivity contribution < 1.29 is 18.7 Å². The second-order valence-electron chi connectivity index (χ2n) is 5.75. The van der Waals surface area contributed by atoms with Crippen molar-refractivity contribution in [1.29, 1.82) is 0 Å². The van der Waals surface area contributed by atoms with Crippen LogP contribution in [-0.2, 0) is 16.1 Å². The maximum Gasteiger partial charge on any atom is 0.347 e. The number of anilines is 3. The Hall–Kier alpha value is -3.75. The normalized spacial score (nSPS) is 11.5. The van der Waals surface area contributed by atoms with Crippen LogP contribution >= 0.6 is 0 Å². The van der Waals surface area contributed by atoms with E-state index in [4.69, 9.17) is 15.2 Å². The van der Waals surface area contributed by atoms with Crippen molar-refractivity contribution in [2.24, 2.45) is 0 Å². The minimum absolute atomic E-state index is 0.00455. The maximum absolute atomic E-state index is 12.9. The third kappa shape index (κ3) is 5.37. The summed E-state index contributed by atoms with van der Waals surface area (Å²) in [6, 6.07) is 14.6. The molecule has 0 fully saturated rings. The van der Waals surface area contributed by atoms with Gasteiger partial charge in [-0.05, 0) is 43.3 Å². The Kier molecular flexibility index (Phi) is 5.95. The van der Waals surface area contributed by atoms with Gasteiger partial charge in [0.1, 0.15) is 11.6 Å². The Bertz CT molecular complexity index is 938. The molecule has 0 spiro atoms. The van der Waals surface area contributed by atoms with Crippen molar-refractivity contribution in [2.45, 2.75) is 19.6 Å². The first-order chi connectivity index (χ1) is 13.5. The molecule has 3 aromatic rings. The molecular formula is C19H18FN5O3. The van der Waals surface area contributed by atoms with Gasteiger partial charge in [0, 0.05) is 5.69 Å². The number of esters is 1. The summed E-state index contributed by atoms with van der Waals surface area (Å²) in [5, 5.41) is 2.99. The van der Waals surface area contributed by atoms with Crippen molar-refractivity contribution in [3.8, 4) is 5.75 Å². The summed E-state index contributed by atoms with van der Waals surface area (Å²) in [6.07, 6.45) is -0.897. The Morgan fingerprint density at radius 1 is 1.11 bits per heavy atom. The van der Waals surface area contributed by atoms with Crippen LogP contribution in [0.15, 0.2) is 54.6 Å². The highest BCUT2D eigenvalue weighted by Gasteiger charge is 2.17. The van der Waals surface area contributed by atoms with Gasteiger partial charge in [0.25, 0.3) is 0 Å². The zero-order valence-electron chi connectivity index (χ0n) is 15.0. The number of nitrogens with two attached hydrogens (primary N) is 1. The van der Waals surface area contributed by atoms with Crippen molar-refractivity contribution in [2.75, 3.05) is 11.1 Å². The SMILES string of the molecule is C[C@H](Oc1ccc(F)cc1)C(=O)OCc1nc(N)nc(Nc2ccccc2)n1. The number of ether oxygens (including phenoxy) is 2. The first kappa shape index (κ1) is 19.0. The van der Waals surface area contributed by atoms with Gasteiger partial charge < -0.3 is 20.5 Å². The minimum atomic E-state index is -0.897. The summed E-state index contributed by atoms with van der Waals surface area (Å²) >= 11 is 0. The second-order valence-corrected chi connectivity index (χ2v) is 5.75. The summed E-state index contributed by atoms with van der Waals surface area (Å²) < 4.78 is 23.5. The zero-order chi connectivity index (χ0) is 19.9. The molecule has 0 aliphatic heterocycles. The maximum atomic E-state index is 12.9. The Morgan fingerprint density at radius 2 is 1.82 bits per heavy atom. The molecule has 1 atom stereocenters. The number of nitrogen functional groups attached to an aromatic ring is 1. The highest BCUT2D eigenvalue weighted by atomic mass is 19.1. The van der Waals surface area contributed by atoms with E-state index in [1.165, 1.54) is 31.2 Å². The molecular weight excluding hydrogens is 365 g/mol. The number of benzene rings is 2. The van der Waals surface area contributed by atoms with Crippen LogP contribution in [0.5, 0.6) is 5.75 Å². The molecule has 28 heavy (non-hydrogen) atoms. The third-order valence-corrected chi connectivity index (χ3v) is 3.53. The zero-order valence-corrected chi connectivity index (χ0v) is 15.0. The number of aromatic nitrogens is 3. The minimum Gasteiger partial charge on any atom is -0.479 e. The molecule has 0 aliphatic carbocycles.